The Balaban J connectivity index is 1.47. The number of methoxy groups -OCH3 is 1. The molecular formula is C25H34N2O4. The summed E-state index contributed by atoms with van der Waals surface area (Å²) in [6.07, 6.45) is 2.07. The molecule has 2 aromatic carbocycles. The Morgan fingerprint density at radius 2 is 1.94 bits per heavy atom. The molecule has 2 aromatic rings. The van der Waals surface area contributed by atoms with Gasteiger partial charge in [-0.05, 0) is 57.4 Å². The molecule has 1 unspecified atom stereocenters. The number of para-hydroxylation sites is 1. The second-order valence-corrected chi connectivity index (χ2v) is 8.50. The zero-order valence-electron chi connectivity index (χ0n) is 18.8. The maximum Gasteiger partial charge on any atom is 0.234 e. The molecule has 1 atom stereocenters. The fourth-order valence-electron chi connectivity index (χ4n) is 4.01. The van der Waals surface area contributed by atoms with Crippen molar-refractivity contribution in [1.82, 2.24) is 10.2 Å². The van der Waals surface area contributed by atoms with Crippen LogP contribution in [-0.2, 0) is 11.3 Å². The van der Waals surface area contributed by atoms with Gasteiger partial charge in [-0.15, -0.1) is 0 Å². The molecule has 3 rings (SSSR count). The zero-order valence-corrected chi connectivity index (χ0v) is 18.8. The number of aliphatic hydroxyl groups is 1. The van der Waals surface area contributed by atoms with E-state index in [1.165, 1.54) is 5.56 Å². The molecule has 1 fully saturated rings. The van der Waals surface area contributed by atoms with Crippen LogP contribution in [0.25, 0.3) is 0 Å². The second kappa shape index (κ2) is 10.6. The number of carbonyl (C=O) groups excluding carboxylic acids is 1. The van der Waals surface area contributed by atoms with Gasteiger partial charge in [-0.2, -0.15) is 0 Å². The highest BCUT2D eigenvalue weighted by Gasteiger charge is 2.31. The summed E-state index contributed by atoms with van der Waals surface area (Å²) < 4.78 is 11.3. The van der Waals surface area contributed by atoms with E-state index in [9.17, 15) is 9.90 Å². The lowest BCUT2D eigenvalue weighted by Gasteiger charge is -2.27. The van der Waals surface area contributed by atoms with Gasteiger partial charge in [0.15, 0.2) is 0 Å². The summed E-state index contributed by atoms with van der Waals surface area (Å²) in [6, 6.07) is 13.7. The van der Waals surface area contributed by atoms with Crippen molar-refractivity contribution in [2.24, 2.45) is 0 Å². The van der Waals surface area contributed by atoms with Crippen LogP contribution in [0.15, 0.2) is 42.5 Å². The fraction of sp³-hybridized carbons (Fsp3) is 0.480. The van der Waals surface area contributed by atoms with Crippen molar-refractivity contribution >= 4 is 5.91 Å². The van der Waals surface area contributed by atoms with E-state index in [1.54, 1.807) is 7.11 Å². The lowest BCUT2D eigenvalue weighted by molar-refractivity contribution is -0.122. The normalized spacial score (nSPS) is 19.5. The standard InChI is InChI=1S/C25H34N2O4/c1-19-9-10-22(20(2)15-19)31-18-25(29)11-6-13-27(14-12-25)17-24(28)26-16-21-7-4-5-8-23(21)30-3/h4-5,7-10,15,29H,6,11-14,16-18H2,1-3H3,(H,26,28). The van der Waals surface area contributed by atoms with Crippen LogP contribution in [0, 0.1) is 13.8 Å². The van der Waals surface area contributed by atoms with Gasteiger partial charge in [0.05, 0.1) is 19.3 Å². The van der Waals surface area contributed by atoms with Gasteiger partial charge in [0.1, 0.15) is 18.1 Å². The van der Waals surface area contributed by atoms with Gasteiger partial charge >= 0.3 is 0 Å². The third-order valence-electron chi connectivity index (χ3n) is 5.87. The number of hydrogen-bond acceptors (Lipinski definition) is 5. The first-order valence-corrected chi connectivity index (χ1v) is 10.9. The van der Waals surface area contributed by atoms with E-state index in [1.807, 2.05) is 43.3 Å². The summed E-state index contributed by atoms with van der Waals surface area (Å²) in [5, 5.41) is 14.0. The van der Waals surface area contributed by atoms with E-state index < -0.39 is 5.60 Å². The molecule has 0 spiro atoms. The molecule has 1 heterocycles. The topological polar surface area (TPSA) is 71.0 Å². The van der Waals surface area contributed by atoms with Crippen LogP contribution in [-0.4, -0.2) is 54.9 Å². The molecule has 6 heteroatoms. The largest absolute Gasteiger partial charge is 0.496 e. The molecular weight excluding hydrogens is 392 g/mol. The van der Waals surface area contributed by atoms with Gasteiger partial charge in [0.25, 0.3) is 0 Å². The molecule has 1 amide bonds. The minimum atomic E-state index is -0.875. The second-order valence-electron chi connectivity index (χ2n) is 8.50. The Bertz CT molecular complexity index is 886. The molecule has 168 valence electrons. The Kier molecular flexibility index (Phi) is 7.93. The predicted molar refractivity (Wildman–Crippen MR) is 121 cm³/mol. The Morgan fingerprint density at radius 3 is 2.71 bits per heavy atom. The molecule has 0 radical (unpaired) electrons. The summed E-state index contributed by atoms with van der Waals surface area (Å²) in [4.78, 5) is 14.6. The molecule has 1 aliphatic rings. The number of amides is 1. The number of aryl methyl sites for hydroxylation is 2. The highest BCUT2D eigenvalue weighted by Crippen LogP contribution is 2.26. The number of hydrogen-bond donors (Lipinski definition) is 2. The van der Waals surface area contributed by atoms with Crippen LogP contribution < -0.4 is 14.8 Å². The Hall–Kier alpha value is -2.57. The van der Waals surface area contributed by atoms with Crippen molar-refractivity contribution in [3.05, 3.63) is 59.2 Å². The molecule has 1 saturated heterocycles. The first-order valence-electron chi connectivity index (χ1n) is 10.9. The van der Waals surface area contributed by atoms with Crippen LogP contribution >= 0.6 is 0 Å². The summed E-state index contributed by atoms with van der Waals surface area (Å²) >= 11 is 0. The van der Waals surface area contributed by atoms with Gasteiger partial charge in [0, 0.05) is 18.7 Å². The third kappa shape index (κ3) is 6.71. The van der Waals surface area contributed by atoms with Crippen LogP contribution in [0.4, 0.5) is 0 Å². The number of carbonyl (C=O) groups is 1. The van der Waals surface area contributed by atoms with E-state index in [4.69, 9.17) is 9.47 Å². The lowest BCUT2D eigenvalue weighted by Crippen LogP contribution is -2.40. The Morgan fingerprint density at radius 1 is 1.13 bits per heavy atom. The summed E-state index contributed by atoms with van der Waals surface area (Å²) in [6.45, 7) is 6.54. The van der Waals surface area contributed by atoms with E-state index in [0.717, 1.165) is 35.6 Å². The first kappa shape index (κ1) is 23.1. The van der Waals surface area contributed by atoms with Gasteiger partial charge in [-0.1, -0.05) is 35.9 Å². The van der Waals surface area contributed by atoms with Crippen LogP contribution in [0.1, 0.15) is 36.0 Å². The molecule has 1 aliphatic heterocycles. The first-order chi connectivity index (χ1) is 14.9. The third-order valence-corrected chi connectivity index (χ3v) is 5.87. The van der Waals surface area contributed by atoms with Gasteiger partial charge < -0.3 is 19.9 Å². The van der Waals surface area contributed by atoms with Crippen molar-refractivity contribution in [2.75, 3.05) is 33.4 Å². The molecule has 6 nitrogen and oxygen atoms in total. The summed E-state index contributed by atoms with van der Waals surface area (Å²) in [7, 11) is 1.63. The summed E-state index contributed by atoms with van der Waals surface area (Å²) in [5.74, 6) is 1.56. The number of benzene rings is 2. The van der Waals surface area contributed by atoms with Crippen molar-refractivity contribution in [2.45, 2.75) is 45.3 Å². The van der Waals surface area contributed by atoms with Crippen LogP contribution in [0.3, 0.4) is 0 Å². The zero-order chi connectivity index (χ0) is 22.3. The van der Waals surface area contributed by atoms with Gasteiger partial charge in [0.2, 0.25) is 5.91 Å². The maximum atomic E-state index is 12.5. The van der Waals surface area contributed by atoms with Crippen molar-refractivity contribution in [1.29, 1.82) is 0 Å². The number of nitrogens with one attached hydrogen (secondary N) is 1. The quantitative estimate of drug-likeness (QED) is 0.678. The highest BCUT2D eigenvalue weighted by atomic mass is 16.5. The van der Waals surface area contributed by atoms with Crippen molar-refractivity contribution in [3.8, 4) is 11.5 Å². The maximum absolute atomic E-state index is 12.5. The lowest BCUT2D eigenvalue weighted by atomic mass is 9.96. The molecule has 2 N–H and O–H groups in total. The number of rotatable bonds is 8. The molecule has 0 aliphatic carbocycles. The monoisotopic (exact) mass is 426 g/mol. The molecule has 31 heavy (non-hydrogen) atoms. The minimum absolute atomic E-state index is 0.0251. The molecule has 0 saturated carbocycles. The Labute approximate surface area is 185 Å². The van der Waals surface area contributed by atoms with Gasteiger partial charge in [-0.3, -0.25) is 9.69 Å². The molecule has 0 aromatic heterocycles. The molecule has 0 bridgehead atoms. The number of nitrogens with zero attached hydrogens (tertiary/aromatic N) is 1. The number of ether oxygens (including phenoxy) is 2. The van der Waals surface area contributed by atoms with E-state index >= 15 is 0 Å². The van der Waals surface area contributed by atoms with E-state index in [0.29, 0.717) is 32.5 Å². The van der Waals surface area contributed by atoms with E-state index in [2.05, 4.69) is 23.2 Å². The van der Waals surface area contributed by atoms with E-state index in [-0.39, 0.29) is 12.5 Å². The SMILES string of the molecule is COc1ccccc1CNC(=O)CN1CCCC(O)(COc2ccc(C)cc2C)CC1. The van der Waals surface area contributed by atoms with Crippen molar-refractivity contribution < 1.29 is 19.4 Å². The smallest absolute Gasteiger partial charge is 0.234 e. The average Bonchev–Trinajstić information content (AvgIpc) is 2.93. The highest BCUT2D eigenvalue weighted by molar-refractivity contribution is 5.78. The summed E-state index contributed by atoms with van der Waals surface area (Å²) in [5.41, 5.74) is 2.34. The minimum Gasteiger partial charge on any atom is -0.496 e. The fourth-order valence-corrected chi connectivity index (χ4v) is 4.01. The average molecular weight is 427 g/mol. The van der Waals surface area contributed by atoms with Crippen molar-refractivity contribution in [3.63, 3.8) is 0 Å². The number of likely N-dealkylation sites (tertiary alicyclic amines) is 1. The van der Waals surface area contributed by atoms with Gasteiger partial charge in [-0.25, -0.2) is 0 Å². The predicted octanol–water partition coefficient (Wildman–Crippen LogP) is 3.22. The van der Waals surface area contributed by atoms with Crippen LogP contribution in [0.2, 0.25) is 0 Å². The van der Waals surface area contributed by atoms with Crippen LogP contribution in [0.5, 0.6) is 11.5 Å².